The summed E-state index contributed by atoms with van der Waals surface area (Å²) in [6, 6.07) is 4.48. The fourth-order valence-electron chi connectivity index (χ4n) is 1.84. The maximum Gasteiger partial charge on any atom is 0.416 e. The quantitative estimate of drug-likeness (QED) is 0.794. The minimum absolute atomic E-state index is 0.00773. The van der Waals surface area contributed by atoms with Gasteiger partial charge in [-0.1, -0.05) is 6.07 Å². The Bertz CT molecular complexity index is 711. The lowest BCUT2D eigenvalue weighted by atomic mass is 10.1. The first-order chi connectivity index (χ1) is 10.7. The van der Waals surface area contributed by atoms with E-state index in [1.165, 1.54) is 30.5 Å². The molecule has 1 aromatic carbocycles. The van der Waals surface area contributed by atoms with Crippen molar-refractivity contribution < 1.29 is 31.5 Å². The molecule has 0 fully saturated rings. The van der Waals surface area contributed by atoms with E-state index in [2.05, 4.69) is 10.1 Å². The summed E-state index contributed by atoms with van der Waals surface area (Å²) in [4.78, 5) is 11.9. The van der Waals surface area contributed by atoms with Crippen LogP contribution in [0, 0.1) is 6.92 Å². The van der Waals surface area contributed by atoms with Gasteiger partial charge >= 0.3 is 12.8 Å². The lowest BCUT2D eigenvalue weighted by molar-refractivity contribution is -0.138. The van der Waals surface area contributed by atoms with Crippen LogP contribution in [0.3, 0.4) is 0 Å². The first-order valence-electron chi connectivity index (χ1n) is 6.20. The van der Waals surface area contributed by atoms with E-state index in [-0.39, 0.29) is 21.9 Å². The number of halogens is 5. The molecule has 0 unspecified atom stereocenters. The van der Waals surface area contributed by atoms with Gasteiger partial charge < -0.3 is 10.1 Å². The fourth-order valence-corrected chi connectivity index (χ4v) is 2.56. The number of benzene rings is 1. The van der Waals surface area contributed by atoms with E-state index in [9.17, 15) is 26.7 Å². The summed E-state index contributed by atoms with van der Waals surface area (Å²) in [6.45, 7) is -1.81. The molecule has 124 valence electrons. The van der Waals surface area contributed by atoms with Crippen molar-refractivity contribution in [3.05, 3.63) is 45.6 Å². The van der Waals surface area contributed by atoms with Crippen LogP contribution in [0.25, 0.3) is 0 Å². The number of alkyl halides is 5. The van der Waals surface area contributed by atoms with Crippen molar-refractivity contribution in [2.24, 2.45) is 0 Å². The Morgan fingerprint density at radius 1 is 1.26 bits per heavy atom. The molecule has 2 rings (SSSR count). The number of aryl methyl sites for hydroxylation is 1. The maximum atomic E-state index is 12.8. The average Bonchev–Trinajstić information content (AvgIpc) is 2.87. The maximum absolute atomic E-state index is 12.8. The summed E-state index contributed by atoms with van der Waals surface area (Å²) in [6.07, 6.45) is -4.56. The molecule has 0 spiro atoms. The number of carbonyl (C=O) groups excluding carboxylic acids is 1. The van der Waals surface area contributed by atoms with E-state index in [4.69, 9.17) is 0 Å². The molecule has 0 aliphatic carbocycles. The Hall–Kier alpha value is -2.16. The molecule has 2 aromatic rings. The second-order valence-corrected chi connectivity index (χ2v) is 5.39. The van der Waals surface area contributed by atoms with Gasteiger partial charge in [-0.05, 0) is 36.1 Å². The molecule has 23 heavy (non-hydrogen) atoms. The average molecular weight is 351 g/mol. The number of carbonyl (C=O) groups is 1. The monoisotopic (exact) mass is 351 g/mol. The van der Waals surface area contributed by atoms with E-state index >= 15 is 0 Å². The third-order valence-electron chi connectivity index (χ3n) is 2.85. The Morgan fingerprint density at radius 3 is 2.57 bits per heavy atom. The summed E-state index contributed by atoms with van der Waals surface area (Å²) in [5.41, 5.74) is -0.969. The third kappa shape index (κ3) is 4.19. The predicted molar refractivity (Wildman–Crippen MR) is 75.1 cm³/mol. The third-order valence-corrected chi connectivity index (χ3v) is 3.75. The molecule has 1 N–H and O–H groups in total. The molecule has 1 aromatic heterocycles. The predicted octanol–water partition coefficient (Wildman–Crippen LogP) is 4.93. The minimum Gasteiger partial charge on any atom is -0.433 e. The summed E-state index contributed by atoms with van der Waals surface area (Å²) < 4.78 is 67.1. The first kappa shape index (κ1) is 17.2. The van der Waals surface area contributed by atoms with Gasteiger partial charge in [-0.3, -0.25) is 4.79 Å². The van der Waals surface area contributed by atoms with Crippen molar-refractivity contribution in [1.82, 2.24) is 0 Å². The Morgan fingerprint density at radius 2 is 1.96 bits per heavy atom. The normalized spacial score (nSPS) is 11.6. The van der Waals surface area contributed by atoms with Gasteiger partial charge in [0.05, 0.1) is 5.56 Å². The Labute approximate surface area is 131 Å². The lowest BCUT2D eigenvalue weighted by Gasteiger charge is -2.13. The molecule has 0 saturated carbocycles. The van der Waals surface area contributed by atoms with Crippen LogP contribution in [0.15, 0.2) is 29.6 Å². The highest BCUT2D eigenvalue weighted by Gasteiger charge is 2.32. The van der Waals surface area contributed by atoms with E-state index in [0.29, 0.717) is 0 Å². The molecular formula is C14H10F5NO2S. The van der Waals surface area contributed by atoms with Crippen molar-refractivity contribution in [3.63, 3.8) is 0 Å². The highest BCUT2D eigenvalue weighted by atomic mass is 32.1. The number of hydrogen-bond donors (Lipinski definition) is 1. The standard InChI is InChI=1S/C14H10F5NO2S/c1-7-2-3-8(6-9(7)14(17,18)19)20-12(21)11-10(4-5-23-11)22-13(15)16/h2-6,13H,1H3,(H,20,21). The molecule has 0 atom stereocenters. The van der Waals surface area contributed by atoms with Gasteiger partial charge in [-0.25, -0.2) is 0 Å². The van der Waals surface area contributed by atoms with Crippen molar-refractivity contribution in [1.29, 1.82) is 0 Å². The number of ether oxygens (including phenoxy) is 1. The summed E-state index contributed by atoms with van der Waals surface area (Å²) >= 11 is 0.839. The number of anilines is 1. The smallest absolute Gasteiger partial charge is 0.416 e. The zero-order valence-electron chi connectivity index (χ0n) is 11.6. The van der Waals surface area contributed by atoms with Crippen LogP contribution in [0.1, 0.15) is 20.8 Å². The van der Waals surface area contributed by atoms with Crippen LogP contribution in [0.4, 0.5) is 27.6 Å². The Balaban J connectivity index is 2.23. The van der Waals surface area contributed by atoms with Crippen LogP contribution in [-0.2, 0) is 6.18 Å². The minimum atomic E-state index is -4.56. The molecule has 3 nitrogen and oxygen atoms in total. The summed E-state index contributed by atoms with van der Waals surface area (Å²) in [5, 5.41) is 3.61. The molecule has 0 saturated heterocycles. The molecule has 0 bridgehead atoms. The van der Waals surface area contributed by atoms with Crippen molar-refractivity contribution in [3.8, 4) is 5.75 Å². The SMILES string of the molecule is Cc1ccc(NC(=O)c2sccc2OC(F)F)cc1C(F)(F)F. The first-order valence-corrected chi connectivity index (χ1v) is 7.08. The highest BCUT2D eigenvalue weighted by Crippen LogP contribution is 2.34. The Kier molecular flexibility index (Phi) is 4.88. The molecule has 0 radical (unpaired) electrons. The van der Waals surface area contributed by atoms with Crippen LogP contribution < -0.4 is 10.1 Å². The summed E-state index contributed by atoms with van der Waals surface area (Å²) in [5.74, 6) is -1.15. The van der Waals surface area contributed by atoms with Gasteiger partial charge in [0, 0.05) is 5.69 Å². The van der Waals surface area contributed by atoms with Gasteiger partial charge in [0.2, 0.25) is 0 Å². The molecular weight excluding hydrogens is 341 g/mol. The van der Waals surface area contributed by atoms with Gasteiger partial charge in [0.1, 0.15) is 10.6 Å². The van der Waals surface area contributed by atoms with E-state index in [0.717, 1.165) is 17.4 Å². The van der Waals surface area contributed by atoms with E-state index < -0.39 is 24.3 Å². The van der Waals surface area contributed by atoms with E-state index in [1.54, 1.807) is 0 Å². The summed E-state index contributed by atoms with van der Waals surface area (Å²) in [7, 11) is 0. The van der Waals surface area contributed by atoms with Gasteiger partial charge in [0.25, 0.3) is 5.91 Å². The number of rotatable bonds is 4. The lowest BCUT2D eigenvalue weighted by Crippen LogP contribution is -2.14. The van der Waals surface area contributed by atoms with E-state index in [1.807, 2.05) is 0 Å². The van der Waals surface area contributed by atoms with Crippen molar-refractivity contribution in [2.75, 3.05) is 5.32 Å². The number of nitrogens with one attached hydrogen (secondary N) is 1. The number of thiophene rings is 1. The zero-order valence-corrected chi connectivity index (χ0v) is 12.4. The fraction of sp³-hybridized carbons (Fsp3) is 0.214. The van der Waals surface area contributed by atoms with Crippen LogP contribution in [0.2, 0.25) is 0 Å². The second kappa shape index (κ2) is 6.53. The molecule has 0 aliphatic rings. The molecule has 1 heterocycles. The number of amides is 1. The van der Waals surface area contributed by atoms with Gasteiger partial charge in [-0.2, -0.15) is 22.0 Å². The highest BCUT2D eigenvalue weighted by molar-refractivity contribution is 7.12. The van der Waals surface area contributed by atoms with Gasteiger partial charge in [-0.15, -0.1) is 11.3 Å². The molecule has 9 heteroatoms. The van der Waals surface area contributed by atoms with Crippen molar-refractivity contribution >= 4 is 22.9 Å². The number of hydrogen-bond acceptors (Lipinski definition) is 3. The van der Waals surface area contributed by atoms with Crippen LogP contribution >= 0.6 is 11.3 Å². The van der Waals surface area contributed by atoms with Crippen LogP contribution in [-0.4, -0.2) is 12.5 Å². The van der Waals surface area contributed by atoms with Gasteiger partial charge in [0.15, 0.2) is 0 Å². The van der Waals surface area contributed by atoms with Crippen LogP contribution in [0.5, 0.6) is 5.75 Å². The largest absolute Gasteiger partial charge is 0.433 e. The topological polar surface area (TPSA) is 38.3 Å². The van der Waals surface area contributed by atoms with Crippen molar-refractivity contribution in [2.45, 2.75) is 19.7 Å². The zero-order chi connectivity index (χ0) is 17.2. The second-order valence-electron chi connectivity index (χ2n) is 4.47. The molecule has 1 amide bonds. The molecule has 0 aliphatic heterocycles.